The summed E-state index contributed by atoms with van der Waals surface area (Å²) in [7, 11) is 0. The third-order valence-corrected chi connectivity index (χ3v) is 5.43. The Labute approximate surface area is 164 Å². The van der Waals surface area contributed by atoms with E-state index in [0.717, 1.165) is 48.9 Å². The first-order valence-corrected chi connectivity index (χ1v) is 9.85. The van der Waals surface area contributed by atoms with Crippen molar-refractivity contribution in [3.8, 4) is 0 Å². The fourth-order valence-corrected chi connectivity index (χ4v) is 4.09. The highest BCUT2D eigenvalue weighted by Crippen LogP contribution is 2.21. The van der Waals surface area contributed by atoms with Gasteiger partial charge in [0.05, 0.1) is 17.9 Å². The highest BCUT2D eigenvalue weighted by Gasteiger charge is 2.26. The van der Waals surface area contributed by atoms with Gasteiger partial charge in [0.25, 0.3) is 5.56 Å². The molecule has 6 nitrogen and oxygen atoms in total. The van der Waals surface area contributed by atoms with Gasteiger partial charge in [-0.3, -0.25) is 14.7 Å². The van der Waals surface area contributed by atoms with Crippen LogP contribution < -0.4 is 10.5 Å². The first-order valence-electron chi connectivity index (χ1n) is 9.47. The summed E-state index contributed by atoms with van der Waals surface area (Å²) < 4.78 is 5.79. The molecule has 0 unspecified atom stereocenters. The van der Waals surface area contributed by atoms with Crippen LogP contribution in [-0.2, 0) is 24.2 Å². The molecule has 2 aliphatic heterocycles. The van der Waals surface area contributed by atoms with E-state index in [9.17, 15) is 4.79 Å². The van der Waals surface area contributed by atoms with Crippen molar-refractivity contribution in [2.24, 2.45) is 0 Å². The SMILES string of the molecule is C[C@@H]1CN(c2nc3c(c(=O)[nH]2)CCN(Cc2ccc(Cl)cc2)C3)C[C@@H](C)O1. The van der Waals surface area contributed by atoms with Crippen molar-refractivity contribution in [3.63, 3.8) is 0 Å². The lowest BCUT2D eigenvalue weighted by atomic mass is 10.1. The second-order valence-electron chi connectivity index (χ2n) is 7.56. The molecule has 1 N–H and O–H groups in total. The Bertz CT molecular complexity index is 857. The lowest BCUT2D eigenvalue weighted by molar-refractivity contribution is -0.00576. The standard InChI is InChI=1S/C20H25ClN4O2/c1-13-9-25(10-14(2)27-13)20-22-18-12-24(8-7-17(18)19(26)23-20)11-15-3-5-16(21)6-4-15/h3-6,13-14H,7-12H2,1-2H3,(H,22,23,26)/t13-,14-/m1/s1. The van der Waals surface area contributed by atoms with Crippen LogP contribution in [0.2, 0.25) is 5.02 Å². The molecular weight excluding hydrogens is 364 g/mol. The molecule has 0 saturated carbocycles. The topological polar surface area (TPSA) is 61.5 Å². The maximum Gasteiger partial charge on any atom is 0.255 e. The van der Waals surface area contributed by atoms with E-state index in [-0.39, 0.29) is 17.8 Å². The third kappa shape index (κ3) is 4.18. The number of nitrogens with one attached hydrogen (secondary N) is 1. The summed E-state index contributed by atoms with van der Waals surface area (Å²) in [5.41, 5.74) is 2.91. The van der Waals surface area contributed by atoms with E-state index in [0.29, 0.717) is 12.5 Å². The summed E-state index contributed by atoms with van der Waals surface area (Å²) in [6, 6.07) is 7.92. The van der Waals surface area contributed by atoms with E-state index in [2.05, 4.69) is 14.8 Å². The third-order valence-electron chi connectivity index (χ3n) is 5.18. The summed E-state index contributed by atoms with van der Waals surface area (Å²) >= 11 is 5.98. The van der Waals surface area contributed by atoms with Crippen LogP contribution in [0.3, 0.4) is 0 Å². The zero-order chi connectivity index (χ0) is 19.0. The maximum atomic E-state index is 12.6. The number of nitrogens with zero attached hydrogens (tertiary/aromatic N) is 3. The van der Waals surface area contributed by atoms with Gasteiger partial charge in [0.2, 0.25) is 5.95 Å². The zero-order valence-corrected chi connectivity index (χ0v) is 16.5. The number of morpholine rings is 1. The van der Waals surface area contributed by atoms with Crippen LogP contribution in [0.4, 0.5) is 5.95 Å². The number of rotatable bonds is 3. The predicted octanol–water partition coefficient (Wildman–Crippen LogP) is 2.60. The van der Waals surface area contributed by atoms with Gasteiger partial charge in [-0.1, -0.05) is 23.7 Å². The molecule has 1 aromatic carbocycles. The number of ether oxygens (including phenoxy) is 1. The Kier molecular flexibility index (Phi) is 5.21. The highest BCUT2D eigenvalue weighted by atomic mass is 35.5. The molecule has 0 radical (unpaired) electrons. The van der Waals surface area contributed by atoms with Crippen LogP contribution in [0.15, 0.2) is 29.1 Å². The largest absolute Gasteiger partial charge is 0.372 e. The molecule has 2 aliphatic rings. The van der Waals surface area contributed by atoms with Crippen molar-refractivity contribution in [1.29, 1.82) is 0 Å². The first kappa shape index (κ1) is 18.5. The van der Waals surface area contributed by atoms with Crippen LogP contribution in [0.25, 0.3) is 0 Å². The van der Waals surface area contributed by atoms with E-state index in [1.165, 1.54) is 5.56 Å². The normalized spacial score (nSPS) is 23.3. The minimum atomic E-state index is -0.00654. The average molecular weight is 389 g/mol. The van der Waals surface area contributed by atoms with E-state index in [1.807, 2.05) is 38.1 Å². The van der Waals surface area contributed by atoms with Crippen LogP contribution in [0.1, 0.15) is 30.7 Å². The van der Waals surface area contributed by atoms with Gasteiger partial charge in [-0.05, 0) is 38.0 Å². The Hall–Kier alpha value is -1.89. The number of aromatic nitrogens is 2. The Balaban J connectivity index is 1.54. The zero-order valence-electron chi connectivity index (χ0n) is 15.7. The van der Waals surface area contributed by atoms with Crippen LogP contribution >= 0.6 is 11.6 Å². The fourth-order valence-electron chi connectivity index (χ4n) is 3.96. The number of H-pyrrole nitrogens is 1. The molecule has 2 atom stereocenters. The molecule has 27 heavy (non-hydrogen) atoms. The number of anilines is 1. The van der Waals surface area contributed by atoms with Crippen molar-refractivity contribution < 1.29 is 4.74 Å². The summed E-state index contributed by atoms with van der Waals surface area (Å²) in [6.45, 7) is 7.93. The molecule has 4 rings (SSSR count). The second kappa shape index (κ2) is 7.62. The van der Waals surface area contributed by atoms with Crippen LogP contribution in [0, 0.1) is 0 Å². The number of hydrogen-bond acceptors (Lipinski definition) is 5. The van der Waals surface area contributed by atoms with E-state index in [1.54, 1.807) is 0 Å². The van der Waals surface area contributed by atoms with Crippen molar-refractivity contribution in [2.45, 2.75) is 45.6 Å². The van der Waals surface area contributed by atoms with Gasteiger partial charge in [0.15, 0.2) is 0 Å². The summed E-state index contributed by atoms with van der Waals surface area (Å²) in [5, 5.41) is 0.745. The molecular formula is C20H25ClN4O2. The Morgan fingerprint density at radius 2 is 1.93 bits per heavy atom. The lowest BCUT2D eigenvalue weighted by Crippen LogP contribution is -2.47. The van der Waals surface area contributed by atoms with Gasteiger partial charge in [-0.25, -0.2) is 4.98 Å². The summed E-state index contributed by atoms with van der Waals surface area (Å²) in [5.74, 6) is 0.661. The fraction of sp³-hybridized carbons (Fsp3) is 0.500. The monoisotopic (exact) mass is 388 g/mol. The minimum Gasteiger partial charge on any atom is -0.372 e. The molecule has 1 aromatic heterocycles. The average Bonchev–Trinajstić information content (AvgIpc) is 2.62. The Morgan fingerprint density at radius 1 is 1.22 bits per heavy atom. The molecule has 3 heterocycles. The number of aromatic amines is 1. The quantitative estimate of drug-likeness (QED) is 0.875. The summed E-state index contributed by atoms with van der Waals surface area (Å²) in [4.78, 5) is 24.9. The van der Waals surface area contributed by atoms with E-state index in [4.69, 9.17) is 21.3 Å². The number of fused-ring (bicyclic) bond motifs is 1. The van der Waals surface area contributed by atoms with Crippen LogP contribution in [0.5, 0.6) is 0 Å². The summed E-state index contributed by atoms with van der Waals surface area (Å²) in [6.07, 6.45) is 0.967. The molecule has 1 fully saturated rings. The van der Waals surface area contributed by atoms with Gasteiger partial charge in [0.1, 0.15) is 0 Å². The lowest BCUT2D eigenvalue weighted by Gasteiger charge is -2.36. The molecule has 0 aliphatic carbocycles. The van der Waals surface area contributed by atoms with Crippen molar-refractivity contribution in [3.05, 3.63) is 56.5 Å². The smallest absolute Gasteiger partial charge is 0.255 e. The maximum absolute atomic E-state index is 12.6. The van der Waals surface area contributed by atoms with Gasteiger partial charge in [-0.15, -0.1) is 0 Å². The highest BCUT2D eigenvalue weighted by molar-refractivity contribution is 6.30. The molecule has 2 aromatic rings. The number of halogens is 1. The van der Waals surface area contributed by atoms with E-state index >= 15 is 0 Å². The second-order valence-corrected chi connectivity index (χ2v) is 8.00. The predicted molar refractivity (Wildman–Crippen MR) is 106 cm³/mol. The van der Waals surface area contributed by atoms with E-state index < -0.39 is 0 Å². The van der Waals surface area contributed by atoms with Crippen molar-refractivity contribution in [1.82, 2.24) is 14.9 Å². The number of hydrogen-bond donors (Lipinski definition) is 1. The molecule has 0 spiro atoms. The van der Waals surface area contributed by atoms with Crippen LogP contribution in [-0.4, -0.2) is 46.7 Å². The minimum absolute atomic E-state index is 0.00654. The molecule has 0 bridgehead atoms. The van der Waals surface area contributed by atoms with Gasteiger partial charge < -0.3 is 9.64 Å². The van der Waals surface area contributed by atoms with Gasteiger partial charge in [0, 0.05) is 43.3 Å². The van der Waals surface area contributed by atoms with Crippen molar-refractivity contribution >= 4 is 17.5 Å². The Morgan fingerprint density at radius 3 is 2.63 bits per heavy atom. The number of benzene rings is 1. The molecule has 144 valence electrons. The van der Waals surface area contributed by atoms with Gasteiger partial charge >= 0.3 is 0 Å². The molecule has 1 saturated heterocycles. The first-order chi connectivity index (χ1) is 13.0. The molecule has 0 amide bonds. The van der Waals surface area contributed by atoms with Crippen molar-refractivity contribution in [2.75, 3.05) is 24.5 Å². The van der Waals surface area contributed by atoms with Gasteiger partial charge in [-0.2, -0.15) is 0 Å². The molecule has 7 heteroatoms.